The van der Waals surface area contributed by atoms with Crippen molar-refractivity contribution in [3.05, 3.63) is 118 Å². The summed E-state index contributed by atoms with van der Waals surface area (Å²) >= 11 is 1.50. The lowest BCUT2D eigenvalue weighted by Gasteiger charge is -2.34. The lowest BCUT2D eigenvalue weighted by molar-refractivity contribution is -0.136. The lowest BCUT2D eigenvalue weighted by atomic mass is 10.0. The van der Waals surface area contributed by atoms with Crippen LogP contribution in [0.2, 0.25) is 0 Å². The summed E-state index contributed by atoms with van der Waals surface area (Å²) in [7, 11) is 0. The van der Waals surface area contributed by atoms with Gasteiger partial charge in [-0.15, -0.1) is 11.3 Å². The molecule has 3 aromatic carbocycles. The molecule has 0 radical (unpaired) electrons. The molecule has 0 saturated carbocycles. The molecule has 1 atom stereocenters. The Kier molecular flexibility index (Phi) is 15.9. The molecule has 8 rings (SSSR count). The van der Waals surface area contributed by atoms with Gasteiger partial charge in [-0.1, -0.05) is 24.3 Å². The summed E-state index contributed by atoms with van der Waals surface area (Å²) in [5, 5.41) is 14.5. The molecule has 4 N–H and O–H groups in total. The number of pyridine rings is 1. The number of aromatic nitrogens is 2. The third kappa shape index (κ3) is 12.0. The number of ether oxygens (including phenoxy) is 3. The zero-order valence-corrected chi connectivity index (χ0v) is 38.5. The molecule has 1 unspecified atom stereocenters. The van der Waals surface area contributed by atoms with E-state index in [0.29, 0.717) is 82.6 Å². The van der Waals surface area contributed by atoms with E-state index in [4.69, 9.17) is 19.2 Å². The number of anilines is 4. The molecule has 6 amide bonds. The Bertz CT molecular complexity index is 2620. The van der Waals surface area contributed by atoms with Crippen LogP contribution in [0.25, 0.3) is 11.3 Å². The highest BCUT2D eigenvalue weighted by Crippen LogP contribution is 2.33. The van der Waals surface area contributed by atoms with Crippen molar-refractivity contribution in [3.63, 3.8) is 0 Å². The second-order valence-corrected chi connectivity index (χ2v) is 17.3. The summed E-state index contributed by atoms with van der Waals surface area (Å²) in [4.78, 5) is 90.3. The molecule has 2 aromatic heterocycles. The number of piperidine rings is 1. The zero-order valence-electron chi connectivity index (χ0n) is 37.7. The molecular formula is C49H53N9O9S. The first kappa shape index (κ1) is 47.6. The van der Waals surface area contributed by atoms with Crippen LogP contribution in [0.1, 0.15) is 61.5 Å². The topological polar surface area (TPSA) is 214 Å². The first-order chi connectivity index (χ1) is 33.1. The maximum Gasteiger partial charge on any atom is 0.264 e. The number of carbonyl (C=O) groups is 6. The van der Waals surface area contributed by atoms with Crippen LogP contribution in [0.5, 0.6) is 0 Å². The first-order valence-corrected chi connectivity index (χ1v) is 23.4. The fourth-order valence-corrected chi connectivity index (χ4v) is 8.82. The van der Waals surface area contributed by atoms with Crippen LogP contribution in [0.3, 0.4) is 0 Å². The molecule has 5 aromatic rings. The van der Waals surface area contributed by atoms with Gasteiger partial charge in [-0.3, -0.25) is 48.9 Å². The second kappa shape index (κ2) is 22.7. The van der Waals surface area contributed by atoms with E-state index in [0.717, 1.165) is 57.7 Å². The van der Waals surface area contributed by atoms with Gasteiger partial charge in [-0.25, -0.2) is 4.98 Å². The summed E-state index contributed by atoms with van der Waals surface area (Å²) in [6, 6.07) is 21.1. The van der Waals surface area contributed by atoms with Gasteiger partial charge in [0.1, 0.15) is 6.04 Å². The van der Waals surface area contributed by atoms with E-state index in [1.165, 1.54) is 11.3 Å². The number of hydrogen-bond donors (Lipinski definition) is 4. The van der Waals surface area contributed by atoms with Crippen molar-refractivity contribution >= 4 is 69.0 Å². The smallest absolute Gasteiger partial charge is 0.264 e. The number of carbonyl (C=O) groups excluding carboxylic acids is 6. The minimum atomic E-state index is -1.03. The number of thiazole rings is 1. The van der Waals surface area contributed by atoms with Gasteiger partial charge in [0.05, 0.1) is 62.9 Å². The number of nitrogens with zero attached hydrogens (tertiary/aromatic N) is 5. The molecular weight excluding hydrogens is 891 g/mol. The number of fused-ring (bicyclic) bond motifs is 1. The van der Waals surface area contributed by atoms with Crippen LogP contribution in [0.4, 0.5) is 22.2 Å². The van der Waals surface area contributed by atoms with Crippen molar-refractivity contribution in [1.29, 1.82) is 0 Å². The van der Waals surface area contributed by atoms with Gasteiger partial charge in [0.25, 0.3) is 17.7 Å². The third-order valence-electron chi connectivity index (χ3n) is 11.8. The largest absolute Gasteiger partial charge is 0.382 e. The molecule has 0 spiro atoms. The number of hydrogen-bond acceptors (Lipinski definition) is 15. The highest BCUT2D eigenvalue weighted by atomic mass is 32.1. The van der Waals surface area contributed by atoms with E-state index in [-0.39, 0.29) is 35.8 Å². The highest BCUT2D eigenvalue weighted by Gasteiger charge is 2.45. The van der Waals surface area contributed by atoms with Gasteiger partial charge < -0.3 is 35.1 Å². The summed E-state index contributed by atoms with van der Waals surface area (Å²) in [6.45, 7) is 7.83. The number of amides is 6. The Hall–Kier alpha value is -6.90. The zero-order chi connectivity index (χ0) is 47.4. The van der Waals surface area contributed by atoms with Gasteiger partial charge in [0.2, 0.25) is 17.7 Å². The van der Waals surface area contributed by atoms with Crippen molar-refractivity contribution in [2.45, 2.75) is 38.8 Å². The molecule has 3 aliphatic rings. The number of aryl methyl sites for hydroxylation is 1. The summed E-state index contributed by atoms with van der Waals surface area (Å²) in [5.74, 6) is -2.35. The molecule has 2 fully saturated rings. The van der Waals surface area contributed by atoms with Gasteiger partial charge in [0.15, 0.2) is 5.13 Å². The first-order valence-electron chi connectivity index (χ1n) is 22.6. The standard InChI is InChI=1S/C49H53N9O9S/c1-32-7-12-36(28-39(32)53-49-54-40(31-68-49)35-4-3-16-50-29-35)52-45(61)34-10-8-33(9-11-34)30-56-18-20-57(21-19-56)43(60)15-22-65-24-26-67-27-25-66-23-17-51-38-6-2-5-37-44(38)48(64)58(47(37)63)41-13-14-42(59)55-46(41)62/h2-12,16,28-29,31,41,51H,13-15,17-27,30H2,1H3,(H,52,61)(H,53,54)(H,55,59,62). The van der Waals surface area contributed by atoms with Crippen molar-refractivity contribution in [3.8, 4) is 11.3 Å². The highest BCUT2D eigenvalue weighted by molar-refractivity contribution is 7.14. The van der Waals surface area contributed by atoms with Gasteiger partial charge in [0, 0.05) is 91.7 Å². The molecule has 18 nitrogen and oxygen atoms in total. The molecule has 3 aliphatic heterocycles. The SMILES string of the molecule is Cc1ccc(NC(=O)c2ccc(CN3CCN(C(=O)CCOCCOCCOCCNc4cccc5c4C(=O)N(C4CCC(=O)NC4=O)C5=O)CC3)cc2)cc1Nc1nc(-c2cccnc2)cs1. The van der Waals surface area contributed by atoms with Crippen LogP contribution < -0.4 is 21.3 Å². The average molecular weight is 944 g/mol. The van der Waals surface area contributed by atoms with E-state index in [1.54, 1.807) is 30.6 Å². The van der Waals surface area contributed by atoms with Gasteiger partial charge in [-0.2, -0.15) is 0 Å². The average Bonchev–Trinajstić information content (AvgIpc) is 3.92. The van der Waals surface area contributed by atoms with Crippen LogP contribution in [-0.4, -0.2) is 139 Å². The predicted octanol–water partition coefficient (Wildman–Crippen LogP) is 5.11. The summed E-state index contributed by atoms with van der Waals surface area (Å²) in [5.41, 5.74) is 6.85. The Morgan fingerprint density at radius 1 is 0.838 bits per heavy atom. The Morgan fingerprint density at radius 2 is 1.60 bits per heavy atom. The van der Waals surface area contributed by atoms with E-state index in [9.17, 15) is 28.8 Å². The molecule has 2 saturated heterocycles. The van der Waals surface area contributed by atoms with E-state index < -0.39 is 29.7 Å². The molecule has 0 bridgehead atoms. The number of nitrogens with one attached hydrogen (secondary N) is 4. The van der Waals surface area contributed by atoms with Gasteiger partial charge >= 0.3 is 0 Å². The Labute approximate surface area is 397 Å². The molecule has 68 heavy (non-hydrogen) atoms. The van der Waals surface area contributed by atoms with E-state index >= 15 is 0 Å². The van der Waals surface area contributed by atoms with Crippen molar-refractivity contribution in [2.24, 2.45) is 0 Å². The monoisotopic (exact) mass is 943 g/mol. The minimum Gasteiger partial charge on any atom is -0.382 e. The fraction of sp³-hybridized carbons (Fsp3) is 0.347. The maximum atomic E-state index is 13.2. The van der Waals surface area contributed by atoms with Crippen LogP contribution in [-0.2, 0) is 35.1 Å². The quantitative estimate of drug-likeness (QED) is 0.0557. The molecule has 19 heteroatoms. The molecule has 354 valence electrons. The Morgan fingerprint density at radius 3 is 2.35 bits per heavy atom. The summed E-state index contributed by atoms with van der Waals surface area (Å²) in [6.07, 6.45) is 3.95. The Balaban J connectivity index is 0.656. The van der Waals surface area contributed by atoms with Crippen molar-refractivity contribution < 1.29 is 43.0 Å². The summed E-state index contributed by atoms with van der Waals surface area (Å²) < 4.78 is 16.9. The van der Waals surface area contributed by atoms with Crippen molar-refractivity contribution in [1.82, 2.24) is 30.0 Å². The molecule has 5 heterocycles. The number of piperazine rings is 1. The number of imide groups is 2. The van der Waals surface area contributed by atoms with Crippen LogP contribution >= 0.6 is 11.3 Å². The van der Waals surface area contributed by atoms with Crippen LogP contribution in [0, 0.1) is 6.92 Å². The predicted molar refractivity (Wildman–Crippen MR) is 255 cm³/mol. The third-order valence-corrected chi connectivity index (χ3v) is 12.5. The van der Waals surface area contributed by atoms with Gasteiger partial charge in [-0.05, 0) is 73.0 Å². The fourth-order valence-electron chi connectivity index (χ4n) is 8.09. The second-order valence-electron chi connectivity index (χ2n) is 16.4. The van der Waals surface area contributed by atoms with E-state index in [1.807, 2.05) is 71.8 Å². The number of rotatable bonds is 21. The number of benzene rings is 3. The van der Waals surface area contributed by atoms with E-state index in [2.05, 4.69) is 31.2 Å². The molecule has 0 aliphatic carbocycles. The van der Waals surface area contributed by atoms with Crippen molar-refractivity contribution in [2.75, 3.05) is 88.3 Å². The van der Waals surface area contributed by atoms with Crippen LogP contribution in [0.15, 0.2) is 90.6 Å². The lowest BCUT2D eigenvalue weighted by Crippen LogP contribution is -2.54. The maximum absolute atomic E-state index is 13.2. The minimum absolute atomic E-state index is 0.0542. The normalized spacial score (nSPS) is 16.2.